The Balaban J connectivity index is 1.57. The van der Waals surface area contributed by atoms with Crippen LogP contribution in [0.4, 0.5) is 11.4 Å². The van der Waals surface area contributed by atoms with Crippen LogP contribution in [0, 0.1) is 12.3 Å². The molecule has 4 rings (SSSR count). The predicted molar refractivity (Wildman–Crippen MR) is 104 cm³/mol. The second-order valence-electron chi connectivity index (χ2n) is 7.18. The molecule has 1 aliphatic heterocycles. The third-order valence-corrected chi connectivity index (χ3v) is 5.62. The van der Waals surface area contributed by atoms with E-state index >= 15 is 0 Å². The smallest absolute Gasteiger partial charge is 0.242 e. The lowest BCUT2D eigenvalue weighted by Gasteiger charge is -2.32. The van der Waals surface area contributed by atoms with E-state index in [0.717, 1.165) is 24.1 Å². The van der Waals surface area contributed by atoms with E-state index in [-0.39, 0.29) is 11.8 Å². The number of carbonyl (C=O) groups excluding carboxylic acids is 2. The quantitative estimate of drug-likeness (QED) is 0.819. The van der Waals surface area contributed by atoms with E-state index in [2.05, 4.69) is 11.4 Å². The van der Waals surface area contributed by atoms with E-state index in [9.17, 15) is 9.59 Å². The van der Waals surface area contributed by atoms with Crippen molar-refractivity contribution in [2.45, 2.75) is 32.6 Å². The molecule has 2 aromatic rings. The number of hydrogen-bond acceptors (Lipinski definition) is 2. The van der Waals surface area contributed by atoms with Crippen LogP contribution in [0.25, 0.3) is 0 Å². The van der Waals surface area contributed by atoms with Crippen LogP contribution in [0.1, 0.15) is 30.4 Å². The molecule has 0 saturated heterocycles. The maximum Gasteiger partial charge on any atom is 0.242 e. The van der Waals surface area contributed by atoms with Gasteiger partial charge in [0.25, 0.3) is 0 Å². The van der Waals surface area contributed by atoms with Crippen molar-refractivity contribution in [2.75, 3.05) is 16.8 Å². The summed E-state index contributed by atoms with van der Waals surface area (Å²) in [5.41, 5.74) is 2.79. The Morgan fingerprint density at radius 2 is 1.92 bits per heavy atom. The van der Waals surface area contributed by atoms with Crippen LogP contribution in [-0.2, 0) is 16.0 Å². The number of halogens is 1. The minimum Gasteiger partial charge on any atom is -0.325 e. The van der Waals surface area contributed by atoms with Crippen LogP contribution >= 0.6 is 11.6 Å². The molecule has 1 N–H and O–H groups in total. The summed E-state index contributed by atoms with van der Waals surface area (Å²) in [5, 5.41) is 3.57. The van der Waals surface area contributed by atoms with Gasteiger partial charge in [0.2, 0.25) is 11.8 Å². The summed E-state index contributed by atoms with van der Waals surface area (Å²) in [5.74, 6) is -0.287. The number of carbonyl (C=O) groups is 2. The van der Waals surface area contributed by atoms with Gasteiger partial charge in [0.15, 0.2) is 0 Å². The van der Waals surface area contributed by atoms with Gasteiger partial charge in [-0.15, -0.1) is 0 Å². The number of nitrogens with zero attached hydrogens (tertiary/aromatic N) is 1. The molecule has 1 saturated carbocycles. The maximum atomic E-state index is 13.3. The standard InChI is InChI=1S/C21H21ClN2O2/c1-14-13-16(22)8-9-17(14)23-19(25)21(10-11-21)20(26)24-12-4-6-15-5-2-3-7-18(15)24/h2-3,5,7-9,13H,4,6,10-12H2,1H3,(H,23,25). The number of nitrogens with one attached hydrogen (secondary N) is 1. The fourth-order valence-electron chi connectivity index (χ4n) is 3.68. The maximum absolute atomic E-state index is 13.3. The van der Waals surface area contributed by atoms with Crippen molar-refractivity contribution >= 4 is 34.8 Å². The molecule has 1 fully saturated rings. The molecule has 134 valence electrons. The molecule has 2 aliphatic rings. The number of aryl methyl sites for hydroxylation is 2. The average Bonchev–Trinajstić information content (AvgIpc) is 3.45. The van der Waals surface area contributed by atoms with Gasteiger partial charge in [0, 0.05) is 22.9 Å². The minimum absolute atomic E-state index is 0.0752. The average molecular weight is 369 g/mol. The second-order valence-corrected chi connectivity index (χ2v) is 7.62. The number of anilines is 2. The number of hydrogen-bond donors (Lipinski definition) is 1. The normalized spacial score (nSPS) is 17.4. The van der Waals surface area contributed by atoms with Gasteiger partial charge in [-0.25, -0.2) is 0 Å². The third-order valence-electron chi connectivity index (χ3n) is 5.39. The molecule has 1 aliphatic carbocycles. The second kappa shape index (κ2) is 6.44. The van der Waals surface area contributed by atoms with Crippen molar-refractivity contribution in [1.82, 2.24) is 0 Å². The largest absolute Gasteiger partial charge is 0.325 e. The summed E-state index contributed by atoms with van der Waals surface area (Å²) in [7, 11) is 0. The third kappa shape index (κ3) is 2.88. The number of para-hydroxylation sites is 1. The molecule has 0 unspecified atom stereocenters. The molecule has 0 bridgehead atoms. The zero-order valence-electron chi connectivity index (χ0n) is 14.7. The van der Waals surface area contributed by atoms with Crippen molar-refractivity contribution < 1.29 is 9.59 Å². The van der Waals surface area contributed by atoms with Gasteiger partial charge in [-0.2, -0.15) is 0 Å². The van der Waals surface area contributed by atoms with Gasteiger partial charge >= 0.3 is 0 Å². The molecule has 4 nitrogen and oxygen atoms in total. The molecule has 2 amide bonds. The van der Waals surface area contributed by atoms with E-state index in [4.69, 9.17) is 11.6 Å². The van der Waals surface area contributed by atoms with E-state index < -0.39 is 5.41 Å². The first-order chi connectivity index (χ1) is 12.5. The molecule has 26 heavy (non-hydrogen) atoms. The van der Waals surface area contributed by atoms with Crippen LogP contribution in [0.15, 0.2) is 42.5 Å². The Kier molecular flexibility index (Phi) is 4.23. The predicted octanol–water partition coefficient (Wildman–Crippen LogP) is 4.35. The molecule has 0 spiro atoms. The van der Waals surface area contributed by atoms with Gasteiger partial charge in [0.05, 0.1) is 0 Å². The van der Waals surface area contributed by atoms with Gasteiger partial charge in [-0.1, -0.05) is 29.8 Å². The van der Waals surface area contributed by atoms with Crippen molar-refractivity contribution in [3.05, 3.63) is 58.6 Å². The lowest BCUT2D eigenvalue weighted by molar-refractivity contribution is -0.132. The molecule has 0 radical (unpaired) electrons. The molecular formula is C21H21ClN2O2. The van der Waals surface area contributed by atoms with Gasteiger partial charge in [0.1, 0.15) is 5.41 Å². The number of amides is 2. The molecule has 5 heteroatoms. The summed E-state index contributed by atoms with van der Waals surface area (Å²) in [6, 6.07) is 13.3. The summed E-state index contributed by atoms with van der Waals surface area (Å²) in [4.78, 5) is 28.0. The SMILES string of the molecule is Cc1cc(Cl)ccc1NC(=O)C1(C(=O)N2CCCc3ccccc32)CC1. The number of fused-ring (bicyclic) bond motifs is 1. The highest BCUT2D eigenvalue weighted by Gasteiger charge is 2.58. The summed E-state index contributed by atoms with van der Waals surface area (Å²) in [6.45, 7) is 2.56. The van der Waals surface area contributed by atoms with Crippen LogP contribution in [0.2, 0.25) is 5.02 Å². The van der Waals surface area contributed by atoms with Gasteiger partial charge in [-0.05, 0) is 68.0 Å². The molecule has 0 aromatic heterocycles. The zero-order chi connectivity index (χ0) is 18.3. The lowest BCUT2D eigenvalue weighted by Crippen LogP contribution is -2.45. The van der Waals surface area contributed by atoms with Crippen molar-refractivity contribution in [2.24, 2.45) is 5.41 Å². The lowest BCUT2D eigenvalue weighted by atomic mass is 9.97. The Hall–Kier alpha value is -2.33. The molecular weight excluding hydrogens is 348 g/mol. The number of benzene rings is 2. The van der Waals surface area contributed by atoms with Crippen LogP contribution in [0.3, 0.4) is 0 Å². The fourth-order valence-corrected chi connectivity index (χ4v) is 3.90. The molecule has 1 heterocycles. The fraction of sp³-hybridized carbons (Fsp3) is 0.333. The van der Waals surface area contributed by atoms with Crippen LogP contribution in [0.5, 0.6) is 0 Å². The Labute approximate surface area is 158 Å². The highest BCUT2D eigenvalue weighted by molar-refractivity contribution is 6.30. The summed E-state index contributed by atoms with van der Waals surface area (Å²) >= 11 is 5.98. The Bertz CT molecular complexity index is 889. The first-order valence-corrected chi connectivity index (χ1v) is 9.36. The Morgan fingerprint density at radius 3 is 2.65 bits per heavy atom. The van der Waals surface area contributed by atoms with E-state index in [1.807, 2.05) is 25.1 Å². The number of rotatable bonds is 3. The molecule has 2 aromatic carbocycles. The summed E-state index contributed by atoms with van der Waals surface area (Å²) in [6.07, 6.45) is 3.10. The molecule has 0 atom stereocenters. The summed E-state index contributed by atoms with van der Waals surface area (Å²) < 4.78 is 0. The van der Waals surface area contributed by atoms with Crippen molar-refractivity contribution in [1.29, 1.82) is 0 Å². The minimum atomic E-state index is -0.934. The highest BCUT2D eigenvalue weighted by atomic mass is 35.5. The van der Waals surface area contributed by atoms with Crippen molar-refractivity contribution in [3.8, 4) is 0 Å². The monoisotopic (exact) mass is 368 g/mol. The first kappa shape index (κ1) is 17.1. The van der Waals surface area contributed by atoms with Gasteiger partial charge in [-0.3, -0.25) is 9.59 Å². The van der Waals surface area contributed by atoms with Crippen LogP contribution < -0.4 is 10.2 Å². The Morgan fingerprint density at radius 1 is 1.15 bits per heavy atom. The first-order valence-electron chi connectivity index (χ1n) is 8.99. The van der Waals surface area contributed by atoms with Crippen LogP contribution in [-0.4, -0.2) is 18.4 Å². The van der Waals surface area contributed by atoms with Crippen molar-refractivity contribution in [3.63, 3.8) is 0 Å². The van der Waals surface area contributed by atoms with E-state index in [1.54, 1.807) is 23.1 Å². The zero-order valence-corrected chi connectivity index (χ0v) is 15.5. The van der Waals surface area contributed by atoms with E-state index in [1.165, 1.54) is 5.56 Å². The van der Waals surface area contributed by atoms with Gasteiger partial charge < -0.3 is 10.2 Å². The highest BCUT2D eigenvalue weighted by Crippen LogP contribution is 2.49. The topological polar surface area (TPSA) is 49.4 Å². The van der Waals surface area contributed by atoms with E-state index in [0.29, 0.717) is 30.1 Å².